The number of hydrogen-bond donors (Lipinski definition) is 1. The van der Waals surface area contributed by atoms with Gasteiger partial charge < -0.3 is 10.5 Å². The molecule has 0 fully saturated rings. The zero-order valence-corrected chi connectivity index (χ0v) is 7.69. The highest BCUT2D eigenvalue weighted by molar-refractivity contribution is 8.05. The predicted octanol–water partition coefficient (Wildman–Crippen LogP) is 1.37. The van der Waals surface area contributed by atoms with Crippen LogP contribution in [0.3, 0.4) is 0 Å². The maximum absolute atomic E-state index is 11.1. The average molecular weight is 185 g/mol. The summed E-state index contributed by atoms with van der Waals surface area (Å²) in [5, 5.41) is 2.48. The molecule has 12 heavy (non-hydrogen) atoms. The van der Waals surface area contributed by atoms with E-state index < -0.39 is 0 Å². The highest BCUT2D eigenvalue weighted by Crippen LogP contribution is 2.23. The zero-order chi connectivity index (χ0) is 8.97. The molecule has 0 unspecified atom stereocenters. The molecule has 4 heteroatoms. The number of hydrogen-bond acceptors (Lipinski definition) is 4. The van der Waals surface area contributed by atoms with E-state index in [1.165, 1.54) is 11.8 Å². The Morgan fingerprint density at radius 3 is 3.08 bits per heavy atom. The van der Waals surface area contributed by atoms with E-state index in [9.17, 15) is 4.79 Å². The molecule has 0 aromatic heterocycles. The first kappa shape index (κ1) is 9.19. The number of rotatable bonds is 2. The van der Waals surface area contributed by atoms with Gasteiger partial charge in [0.2, 0.25) is 0 Å². The van der Waals surface area contributed by atoms with Crippen molar-refractivity contribution < 1.29 is 9.53 Å². The molecule has 0 aromatic carbocycles. The monoisotopic (exact) mass is 185 g/mol. The van der Waals surface area contributed by atoms with Crippen molar-refractivity contribution in [3.05, 3.63) is 22.1 Å². The summed E-state index contributed by atoms with van der Waals surface area (Å²) in [5.41, 5.74) is 6.18. The van der Waals surface area contributed by atoms with Crippen molar-refractivity contribution in [2.75, 3.05) is 6.61 Å². The molecule has 0 spiro atoms. The summed E-state index contributed by atoms with van der Waals surface area (Å²) in [6.07, 6.45) is 2.40. The van der Waals surface area contributed by atoms with Gasteiger partial charge in [0.05, 0.1) is 11.6 Å². The quantitative estimate of drug-likeness (QED) is 0.660. The molecule has 1 heterocycles. The van der Waals surface area contributed by atoms with Crippen molar-refractivity contribution in [3.8, 4) is 0 Å². The summed E-state index contributed by atoms with van der Waals surface area (Å²) in [6.45, 7) is 2.21. The van der Waals surface area contributed by atoms with Gasteiger partial charge in [0, 0.05) is 12.0 Å². The summed E-state index contributed by atoms with van der Waals surface area (Å²) in [4.78, 5) is 11.1. The molecule has 0 aliphatic carbocycles. The summed E-state index contributed by atoms with van der Waals surface area (Å²) in [5.74, 6) is -0.242. The maximum atomic E-state index is 11.1. The molecule has 0 amide bonds. The molecule has 66 valence electrons. The van der Waals surface area contributed by atoms with Crippen LogP contribution < -0.4 is 5.73 Å². The van der Waals surface area contributed by atoms with Crippen molar-refractivity contribution in [2.24, 2.45) is 5.73 Å². The van der Waals surface area contributed by atoms with Crippen molar-refractivity contribution >= 4 is 17.7 Å². The van der Waals surface area contributed by atoms with Crippen LogP contribution in [0.15, 0.2) is 22.1 Å². The molecule has 0 saturated carbocycles. The van der Waals surface area contributed by atoms with Gasteiger partial charge in [0.25, 0.3) is 0 Å². The summed E-state index contributed by atoms with van der Waals surface area (Å²) in [6, 6.07) is 0. The number of thioether (sulfide) groups is 1. The van der Waals surface area contributed by atoms with Crippen LogP contribution in [0.2, 0.25) is 0 Å². The first-order chi connectivity index (χ1) is 5.74. The third kappa shape index (κ3) is 2.30. The van der Waals surface area contributed by atoms with Gasteiger partial charge in [0.1, 0.15) is 0 Å². The summed E-state index contributed by atoms with van der Waals surface area (Å²) >= 11 is 1.36. The first-order valence-electron chi connectivity index (χ1n) is 3.72. The van der Waals surface area contributed by atoms with Crippen LogP contribution in [-0.2, 0) is 9.53 Å². The normalized spacial score (nSPS) is 16.4. The molecular formula is C8H11NO2S. The van der Waals surface area contributed by atoms with E-state index in [-0.39, 0.29) is 5.97 Å². The Labute approximate surface area is 75.6 Å². The number of carbonyl (C=O) groups excluding carboxylic acids is 1. The lowest BCUT2D eigenvalue weighted by Gasteiger charge is -2.08. The van der Waals surface area contributed by atoms with Crippen LogP contribution in [0.1, 0.15) is 13.3 Å². The van der Waals surface area contributed by atoms with Gasteiger partial charge in [0.15, 0.2) is 0 Å². The lowest BCUT2D eigenvalue weighted by Crippen LogP contribution is -2.09. The Hall–Kier alpha value is -0.900. The minimum Gasteiger partial charge on any atom is -0.463 e. The number of esters is 1. The van der Waals surface area contributed by atoms with Gasteiger partial charge in [-0.1, -0.05) is 11.8 Å². The van der Waals surface area contributed by atoms with E-state index in [4.69, 9.17) is 10.5 Å². The topological polar surface area (TPSA) is 52.3 Å². The average Bonchev–Trinajstić information content (AvgIpc) is 2.06. The number of carbonyl (C=O) groups is 1. The third-order valence-corrected chi connectivity index (χ3v) is 2.24. The lowest BCUT2D eigenvalue weighted by atomic mass is 10.2. The summed E-state index contributed by atoms with van der Waals surface area (Å²) < 4.78 is 4.83. The lowest BCUT2D eigenvalue weighted by molar-refractivity contribution is -0.138. The largest absolute Gasteiger partial charge is 0.463 e. The second-order valence-electron chi connectivity index (χ2n) is 2.29. The Morgan fingerprint density at radius 1 is 1.83 bits per heavy atom. The highest BCUT2D eigenvalue weighted by Gasteiger charge is 2.12. The van der Waals surface area contributed by atoms with Gasteiger partial charge >= 0.3 is 5.97 Å². The van der Waals surface area contributed by atoms with Crippen LogP contribution in [0.5, 0.6) is 0 Å². The second kappa shape index (κ2) is 4.21. The molecule has 3 nitrogen and oxygen atoms in total. The molecule has 1 aliphatic rings. The minimum absolute atomic E-state index is 0.242. The predicted molar refractivity (Wildman–Crippen MR) is 49.2 cm³/mol. The van der Waals surface area contributed by atoms with Crippen molar-refractivity contribution in [3.63, 3.8) is 0 Å². The van der Waals surface area contributed by atoms with Gasteiger partial charge in [-0.25, -0.2) is 4.79 Å². The van der Waals surface area contributed by atoms with Gasteiger partial charge in [-0.2, -0.15) is 0 Å². The number of ether oxygens (including phenoxy) is 1. The van der Waals surface area contributed by atoms with E-state index >= 15 is 0 Å². The SMILES string of the molecule is CCOC(=O)C1=CSC(N)=CC1. The van der Waals surface area contributed by atoms with E-state index in [1.807, 2.05) is 6.08 Å². The van der Waals surface area contributed by atoms with Crippen LogP contribution in [0.25, 0.3) is 0 Å². The van der Waals surface area contributed by atoms with Gasteiger partial charge in [-0.15, -0.1) is 0 Å². The Bertz CT molecular complexity index is 245. The van der Waals surface area contributed by atoms with Crippen LogP contribution in [0.4, 0.5) is 0 Å². The highest BCUT2D eigenvalue weighted by atomic mass is 32.2. The molecule has 0 atom stereocenters. The fourth-order valence-electron chi connectivity index (χ4n) is 0.801. The molecule has 0 aromatic rings. The van der Waals surface area contributed by atoms with Crippen LogP contribution in [0, 0.1) is 0 Å². The molecule has 0 radical (unpaired) electrons. The first-order valence-corrected chi connectivity index (χ1v) is 4.60. The Balaban J connectivity index is 2.50. The number of allylic oxidation sites excluding steroid dienone is 1. The maximum Gasteiger partial charge on any atom is 0.334 e. The third-order valence-electron chi connectivity index (χ3n) is 1.40. The van der Waals surface area contributed by atoms with Gasteiger partial charge in [-0.3, -0.25) is 0 Å². The molecular weight excluding hydrogens is 174 g/mol. The Morgan fingerprint density at radius 2 is 2.58 bits per heavy atom. The molecule has 0 saturated heterocycles. The molecule has 0 bridgehead atoms. The fourth-order valence-corrected chi connectivity index (χ4v) is 1.45. The summed E-state index contributed by atoms with van der Waals surface area (Å²) in [7, 11) is 0. The van der Waals surface area contributed by atoms with Gasteiger partial charge in [-0.05, 0) is 18.4 Å². The van der Waals surface area contributed by atoms with E-state index in [1.54, 1.807) is 12.3 Å². The molecule has 2 N–H and O–H groups in total. The van der Waals surface area contributed by atoms with Crippen LogP contribution >= 0.6 is 11.8 Å². The second-order valence-corrected chi connectivity index (χ2v) is 3.23. The van der Waals surface area contributed by atoms with Crippen LogP contribution in [-0.4, -0.2) is 12.6 Å². The van der Waals surface area contributed by atoms with Crippen molar-refractivity contribution in [2.45, 2.75) is 13.3 Å². The van der Waals surface area contributed by atoms with E-state index in [0.717, 1.165) is 5.03 Å². The number of nitrogens with two attached hydrogens (primary N) is 1. The standard InChI is InChI=1S/C8H11NO2S/c1-2-11-8(10)6-3-4-7(9)12-5-6/h4-5H,2-3,9H2,1H3. The van der Waals surface area contributed by atoms with Crippen molar-refractivity contribution in [1.29, 1.82) is 0 Å². The Kier molecular flexibility index (Phi) is 3.22. The minimum atomic E-state index is -0.242. The van der Waals surface area contributed by atoms with E-state index in [0.29, 0.717) is 18.6 Å². The van der Waals surface area contributed by atoms with E-state index in [2.05, 4.69) is 0 Å². The molecule has 1 aliphatic heterocycles. The smallest absolute Gasteiger partial charge is 0.334 e. The molecule has 1 rings (SSSR count). The van der Waals surface area contributed by atoms with Crippen molar-refractivity contribution in [1.82, 2.24) is 0 Å². The zero-order valence-electron chi connectivity index (χ0n) is 6.87. The fraction of sp³-hybridized carbons (Fsp3) is 0.375.